The lowest BCUT2D eigenvalue weighted by Gasteiger charge is -2.36. The highest BCUT2D eigenvalue weighted by atomic mass is 16.5. The molecule has 19 heavy (non-hydrogen) atoms. The summed E-state index contributed by atoms with van der Waals surface area (Å²) in [5, 5.41) is 3.26. The number of fused-ring (bicyclic) bond motifs is 1. The molecule has 1 spiro atoms. The SMILES string of the molecule is COC(=O)[C@H]1CC=CCC12Nc1ccccc1C2=O. The lowest BCUT2D eigenvalue weighted by Crippen LogP contribution is -2.52. The van der Waals surface area contributed by atoms with Gasteiger partial charge in [-0.3, -0.25) is 9.59 Å². The van der Waals surface area contributed by atoms with Crippen LogP contribution in [0.25, 0.3) is 0 Å². The Kier molecular flexibility index (Phi) is 2.66. The van der Waals surface area contributed by atoms with Crippen LogP contribution in [0.3, 0.4) is 0 Å². The molecule has 2 aliphatic rings. The van der Waals surface area contributed by atoms with Gasteiger partial charge in [-0.05, 0) is 25.0 Å². The third-order valence-corrected chi connectivity index (χ3v) is 3.99. The number of ether oxygens (including phenoxy) is 1. The van der Waals surface area contributed by atoms with Gasteiger partial charge in [-0.15, -0.1) is 0 Å². The number of methoxy groups -OCH3 is 1. The first-order valence-corrected chi connectivity index (χ1v) is 6.34. The molecule has 3 rings (SSSR count). The molecule has 1 aromatic carbocycles. The number of nitrogens with one attached hydrogen (secondary N) is 1. The van der Waals surface area contributed by atoms with Crippen LogP contribution in [0, 0.1) is 5.92 Å². The second-order valence-corrected chi connectivity index (χ2v) is 4.96. The molecule has 1 heterocycles. The highest BCUT2D eigenvalue weighted by molar-refractivity contribution is 6.15. The van der Waals surface area contributed by atoms with Gasteiger partial charge < -0.3 is 10.1 Å². The van der Waals surface area contributed by atoms with Crippen LogP contribution in [0.1, 0.15) is 23.2 Å². The number of carbonyl (C=O) groups is 2. The van der Waals surface area contributed by atoms with E-state index in [1.807, 2.05) is 30.4 Å². The summed E-state index contributed by atoms with van der Waals surface area (Å²) in [6.07, 6.45) is 4.93. The predicted octanol–water partition coefficient (Wildman–Crippen LogP) is 2.17. The zero-order valence-electron chi connectivity index (χ0n) is 10.7. The summed E-state index contributed by atoms with van der Waals surface area (Å²) in [5.41, 5.74) is 0.592. The summed E-state index contributed by atoms with van der Waals surface area (Å²) >= 11 is 0. The Hall–Kier alpha value is -2.10. The molecule has 1 aliphatic carbocycles. The van der Waals surface area contributed by atoms with Crippen molar-refractivity contribution in [3.05, 3.63) is 42.0 Å². The summed E-state index contributed by atoms with van der Waals surface area (Å²) in [5.74, 6) is -0.816. The molecule has 0 saturated carbocycles. The van der Waals surface area contributed by atoms with E-state index >= 15 is 0 Å². The van der Waals surface area contributed by atoms with Gasteiger partial charge in [0.2, 0.25) is 0 Å². The van der Waals surface area contributed by atoms with Crippen molar-refractivity contribution < 1.29 is 14.3 Å². The van der Waals surface area contributed by atoms with Crippen molar-refractivity contribution in [3.63, 3.8) is 0 Å². The van der Waals surface area contributed by atoms with Crippen LogP contribution in [0.5, 0.6) is 0 Å². The third-order valence-electron chi connectivity index (χ3n) is 3.99. The summed E-state index contributed by atoms with van der Waals surface area (Å²) in [4.78, 5) is 24.7. The Morgan fingerprint density at radius 1 is 1.37 bits per heavy atom. The van der Waals surface area contributed by atoms with E-state index in [0.717, 1.165) is 5.69 Å². The van der Waals surface area contributed by atoms with Crippen molar-refractivity contribution in [2.24, 2.45) is 5.92 Å². The van der Waals surface area contributed by atoms with E-state index < -0.39 is 11.5 Å². The van der Waals surface area contributed by atoms with Gasteiger partial charge in [-0.25, -0.2) is 0 Å². The third kappa shape index (κ3) is 1.59. The maximum absolute atomic E-state index is 12.7. The second kappa shape index (κ2) is 4.23. The summed E-state index contributed by atoms with van der Waals surface area (Å²) in [7, 11) is 1.36. The maximum Gasteiger partial charge on any atom is 0.311 e. The monoisotopic (exact) mass is 257 g/mol. The first-order valence-electron chi connectivity index (χ1n) is 6.34. The van der Waals surface area contributed by atoms with E-state index in [2.05, 4.69) is 5.32 Å². The summed E-state index contributed by atoms with van der Waals surface area (Å²) in [6, 6.07) is 7.38. The number of ketones is 1. The number of esters is 1. The second-order valence-electron chi connectivity index (χ2n) is 4.96. The van der Waals surface area contributed by atoms with Crippen LogP contribution in [-0.4, -0.2) is 24.4 Å². The summed E-state index contributed by atoms with van der Waals surface area (Å²) in [6.45, 7) is 0. The smallest absolute Gasteiger partial charge is 0.311 e. The first-order chi connectivity index (χ1) is 9.19. The number of anilines is 1. The number of allylic oxidation sites excluding steroid dienone is 1. The number of para-hydroxylation sites is 1. The largest absolute Gasteiger partial charge is 0.469 e. The number of rotatable bonds is 1. The molecule has 1 aliphatic heterocycles. The Balaban J connectivity index is 2.06. The van der Waals surface area contributed by atoms with Crippen molar-refractivity contribution in [2.45, 2.75) is 18.4 Å². The van der Waals surface area contributed by atoms with Gasteiger partial charge in [0.1, 0.15) is 5.54 Å². The Labute approximate surface area is 111 Å². The molecule has 0 bridgehead atoms. The van der Waals surface area contributed by atoms with Crippen molar-refractivity contribution in [1.29, 1.82) is 0 Å². The highest BCUT2D eigenvalue weighted by Crippen LogP contribution is 2.43. The van der Waals surface area contributed by atoms with Gasteiger partial charge in [-0.1, -0.05) is 24.3 Å². The molecule has 1 unspecified atom stereocenters. The first kappa shape index (κ1) is 12.0. The molecule has 98 valence electrons. The standard InChI is InChI=1S/C15H15NO3/c1-19-14(18)11-7-4-5-9-15(11)13(17)10-6-2-3-8-12(10)16-15/h2-6,8,11,16H,7,9H2,1H3/t11-,15?/m1/s1. The fourth-order valence-corrected chi connectivity index (χ4v) is 3.00. The summed E-state index contributed by atoms with van der Waals surface area (Å²) < 4.78 is 4.86. The van der Waals surface area contributed by atoms with Crippen molar-refractivity contribution >= 4 is 17.4 Å². The van der Waals surface area contributed by atoms with E-state index in [9.17, 15) is 9.59 Å². The van der Waals surface area contributed by atoms with Crippen molar-refractivity contribution in [2.75, 3.05) is 12.4 Å². The van der Waals surface area contributed by atoms with Crippen molar-refractivity contribution in [3.8, 4) is 0 Å². The van der Waals surface area contributed by atoms with Gasteiger partial charge in [0.05, 0.1) is 13.0 Å². The maximum atomic E-state index is 12.7. The zero-order chi connectivity index (χ0) is 13.5. The van der Waals surface area contributed by atoms with Crippen molar-refractivity contribution in [1.82, 2.24) is 0 Å². The number of hydrogen-bond acceptors (Lipinski definition) is 4. The van der Waals surface area contributed by atoms with E-state index in [0.29, 0.717) is 18.4 Å². The number of Topliss-reactive ketones (excluding diaryl/α,β-unsaturated/α-hetero) is 1. The molecule has 0 saturated heterocycles. The minimum absolute atomic E-state index is 0.0112. The van der Waals surface area contributed by atoms with E-state index in [4.69, 9.17) is 4.74 Å². The average molecular weight is 257 g/mol. The Bertz CT molecular complexity index is 579. The minimum Gasteiger partial charge on any atom is -0.469 e. The van der Waals surface area contributed by atoms with E-state index in [-0.39, 0.29) is 11.8 Å². The lowest BCUT2D eigenvalue weighted by molar-refractivity contribution is -0.147. The fourth-order valence-electron chi connectivity index (χ4n) is 3.00. The van der Waals surface area contributed by atoms with Crippen LogP contribution in [0.4, 0.5) is 5.69 Å². The molecule has 1 N–H and O–H groups in total. The van der Waals surface area contributed by atoms with E-state index in [1.165, 1.54) is 7.11 Å². The molecule has 0 radical (unpaired) electrons. The van der Waals surface area contributed by atoms with Crippen LogP contribution >= 0.6 is 0 Å². The predicted molar refractivity (Wildman–Crippen MR) is 71.0 cm³/mol. The molecule has 1 aromatic rings. The molecule has 0 fully saturated rings. The van der Waals surface area contributed by atoms with Gasteiger partial charge in [0, 0.05) is 11.3 Å². The molecule has 2 atom stereocenters. The quantitative estimate of drug-likeness (QED) is 0.619. The van der Waals surface area contributed by atoms with Gasteiger partial charge in [0.15, 0.2) is 5.78 Å². The fraction of sp³-hybridized carbons (Fsp3) is 0.333. The average Bonchev–Trinajstić information content (AvgIpc) is 2.72. The highest BCUT2D eigenvalue weighted by Gasteiger charge is 2.53. The number of hydrogen-bond donors (Lipinski definition) is 1. The normalized spacial score (nSPS) is 28.1. The van der Waals surface area contributed by atoms with Crippen LogP contribution in [0.15, 0.2) is 36.4 Å². The van der Waals surface area contributed by atoms with Gasteiger partial charge >= 0.3 is 5.97 Å². The van der Waals surface area contributed by atoms with Crippen LogP contribution < -0.4 is 5.32 Å². The molecular weight excluding hydrogens is 242 g/mol. The van der Waals surface area contributed by atoms with E-state index in [1.54, 1.807) is 6.07 Å². The lowest BCUT2D eigenvalue weighted by atomic mass is 9.73. The van der Waals surface area contributed by atoms with Gasteiger partial charge in [-0.2, -0.15) is 0 Å². The molecule has 0 amide bonds. The van der Waals surface area contributed by atoms with Crippen LogP contribution in [0.2, 0.25) is 0 Å². The Morgan fingerprint density at radius 2 is 2.16 bits per heavy atom. The molecular formula is C15H15NO3. The van der Waals surface area contributed by atoms with Crippen LogP contribution in [-0.2, 0) is 9.53 Å². The Morgan fingerprint density at radius 3 is 2.89 bits per heavy atom. The molecule has 0 aromatic heterocycles. The number of carbonyl (C=O) groups excluding carboxylic acids is 2. The number of benzene rings is 1. The van der Waals surface area contributed by atoms with Gasteiger partial charge in [0.25, 0.3) is 0 Å². The zero-order valence-corrected chi connectivity index (χ0v) is 10.7. The topological polar surface area (TPSA) is 55.4 Å². The molecule has 4 nitrogen and oxygen atoms in total. The molecule has 4 heteroatoms. The minimum atomic E-state index is -0.870.